The van der Waals surface area contributed by atoms with Crippen molar-refractivity contribution in [2.45, 2.75) is 18.9 Å². The Morgan fingerprint density at radius 3 is 2.94 bits per heavy atom. The molecule has 16 heavy (non-hydrogen) atoms. The predicted octanol–water partition coefficient (Wildman–Crippen LogP) is 0.784. The van der Waals surface area contributed by atoms with Crippen LogP contribution in [-0.2, 0) is 16.0 Å². The first-order valence-corrected chi connectivity index (χ1v) is 5.19. The van der Waals surface area contributed by atoms with Crippen LogP contribution in [0.25, 0.3) is 0 Å². The van der Waals surface area contributed by atoms with Crippen molar-refractivity contribution in [2.75, 3.05) is 13.7 Å². The number of benzene rings is 1. The number of rotatable bonds is 5. The van der Waals surface area contributed by atoms with Gasteiger partial charge in [0.25, 0.3) is 0 Å². The molecule has 0 heterocycles. The molecule has 0 aliphatic rings. The molecular weight excluding hydrogens is 206 g/mol. The smallest absolute Gasteiger partial charge is 0.309 e. The lowest BCUT2D eigenvalue weighted by molar-refractivity contribution is -0.139. The van der Waals surface area contributed by atoms with E-state index in [9.17, 15) is 4.79 Å². The van der Waals surface area contributed by atoms with Crippen molar-refractivity contribution < 1.29 is 14.6 Å². The molecule has 0 aromatic heterocycles. The van der Waals surface area contributed by atoms with Crippen LogP contribution in [-0.4, -0.2) is 24.8 Å². The van der Waals surface area contributed by atoms with Crippen molar-refractivity contribution >= 4 is 5.97 Å². The summed E-state index contributed by atoms with van der Waals surface area (Å²) in [6, 6.07) is 7.28. The Labute approximate surface area is 95.0 Å². The van der Waals surface area contributed by atoms with E-state index in [-0.39, 0.29) is 25.0 Å². The van der Waals surface area contributed by atoms with Crippen LogP contribution in [0, 0.1) is 0 Å². The minimum atomic E-state index is -0.270. The van der Waals surface area contributed by atoms with Gasteiger partial charge in [-0.05, 0) is 17.5 Å². The number of aliphatic hydroxyl groups excluding tert-OH is 1. The molecule has 0 aliphatic heterocycles. The highest BCUT2D eigenvalue weighted by molar-refractivity contribution is 5.72. The fourth-order valence-electron chi connectivity index (χ4n) is 1.48. The van der Waals surface area contributed by atoms with E-state index in [0.29, 0.717) is 6.42 Å². The van der Waals surface area contributed by atoms with Crippen LogP contribution in [0.3, 0.4) is 0 Å². The number of ether oxygens (including phenoxy) is 1. The molecule has 0 bridgehead atoms. The normalized spacial score (nSPS) is 12.2. The molecule has 1 aromatic carbocycles. The van der Waals surface area contributed by atoms with Gasteiger partial charge in [-0.25, -0.2) is 0 Å². The van der Waals surface area contributed by atoms with Gasteiger partial charge in [-0.3, -0.25) is 4.79 Å². The van der Waals surface area contributed by atoms with Crippen LogP contribution in [0.2, 0.25) is 0 Å². The van der Waals surface area contributed by atoms with Crippen molar-refractivity contribution in [3.63, 3.8) is 0 Å². The first kappa shape index (κ1) is 12.7. The summed E-state index contributed by atoms with van der Waals surface area (Å²) in [5.41, 5.74) is 7.66. The second-order valence-corrected chi connectivity index (χ2v) is 3.62. The highest BCUT2D eigenvalue weighted by Gasteiger charge is 2.08. The predicted molar refractivity (Wildman–Crippen MR) is 60.8 cm³/mol. The molecule has 1 aromatic rings. The van der Waals surface area contributed by atoms with E-state index in [0.717, 1.165) is 11.1 Å². The number of hydrogen-bond donors (Lipinski definition) is 2. The highest BCUT2D eigenvalue weighted by Crippen LogP contribution is 2.15. The van der Waals surface area contributed by atoms with Crippen LogP contribution in [0.4, 0.5) is 0 Å². The zero-order chi connectivity index (χ0) is 12.0. The van der Waals surface area contributed by atoms with Gasteiger partial charge in [0.05, 0.1) is 13.5 Å². The molecule has 4 nitrogen and oxygen atoms in total. The first-order valence-electron chi connectivity index (χ1n) is 5.19. The van der Waals surface area contributed by atoms with Gasteiger partial charge in [-0.15, -0.1) is 0 Å². The van der Waals surface area contributed by atoms with E-state index < -0.39 is 0 Å². The number of nitrogens with two attached hydrogens (primary N) is 1. The molecule has 0 aliphatic carbocycles. The third kappa shape index (κ3) is 3.64. The van der Waals surface area contributed by atoms with E-state index >= 15 is 0 Å². The maximum atomic E-state index is 11.1. The summed E-state index contributed by atoms with van der Waals surface area (Å²) in [4.78, 5) is 11.1. The Hall–Kier alpha value is -1.39. The van der Waals surface area contributed by atoms with Crippen molar-refractivity contribution in [3.8, 4) is 0 Å². The molecule has 0 amide bonds. The number of esters is 1. The van der Waals surface area contributed by atoms with Gasteiger partial charge < -0.3 is 15.6 Å². The van der Waals surface area contributed by atoms with Crippen molar-refractivity contribution in [2.24, 2.45) is 5.73 Å². The zero-order valence-corrected chi connectivity index (χ0v) is 9.35. The van der Waals surface area contributed by atoms with Crippen LogP contribution in [0.1, 0.15) is 23.6 Å². The molecule has 0 spiro atoms. The average molecular weight is 223 g/mol. The summed E-state index contributed by atoms with van der Waals surface area (Å²) in [6.45, 7) is 0.0579. The number of carbonyl (C=O) groups is 1. The monoisotopic (exact) mass is 223 g/mol. The molecule has 0 radical (unpaired) electrons. The average Bonchev–Trinajstić information content (AvgIpc) is 2.29. The summed E-state index contributed by atoms with van der Waals surface area (Å²) < 4.78 is 4.59. The van der Waals surface area contributed by atoms with Crippen LogP contribution >= 0.6 is 0 Å². The van der Waals surface area contributed by atoms with Gasteiger partial charge in [-0.2, -0.15) is 0 Å². The largest absolute Gasteiger partial charge is 0.469 e. The van der Waals surface area contributed by atoms with Gasteiger partial charge in [0, 0.05) is 12.6 Å². The lowest BCUT2D eigenvalue weighted by Crippen LogP contribution is -2.12. The number of methoxy groups -OCH3 is 1. The van der Waals surface area contributed by atoms with Crippen molar-refractivity contribution in [1.29, 1.82) is 0 Å². The summed E-state index contributed by atoms with van der Waals surface area (Å²) in [7, 11) is 1.36. The molecular formula is C12H17NO3. The molecule has 0 saturated heterocycles. The third-order valence-corrected chi connectivity index (χ3v) is 2.40. The Bertz CT molecular complexity index is 352. The molecule has 4 heteroatoms. The van der Waals surface area contributed by atoms with Gasteiger partial charge in [0.1, 0.15) is 0 Å². The number of aliphatic hydroxyl groups is 1. The molecule has 88 valence electrons. The summed E-state index contributed by atoms with van der Waals surface area (Å²) in [6.07, 6.45) is 0.762. The van der Waals surface area contributed by atoms with Crippen LogP contribution < -0.4 is 5.73 Å². The SMILES string of the molecule is COC(=O)Cc1cccc([C@H](N)CCO)c1. The van der Waals surface area contributed by atoms with E-state index in [2.05, 4.69) is 4.74 Å². The maximum absolute atomic E-state index is 11.1. The molecule has 0 fully saturated rings. The lowest BCUT2D eigenvalue weighted by Gasteiger charge is -2.11. The summed E-state index contributed by atoms with van der Waals surface area (Å²) in [5, 5.41) is 8.80. The van der Waals surface area contributed by atoms with E-state index in [4.69, 9.17) is 10.8 Å². The van der Waals surface area contributed by atoms with Gasteiger partial charge in [0.15, 0.2) is 0 Å². The third-order valence-electron chi connectivity index (χ3n) is 2.40. The lowest BCUT2D eigenvalue weighted by atomic mass is 10.0. The molecule has 1 atom stereocenters. The minimum Gasteiger partial charge on any atom is -0.469 e. The Morgan fingerprint density at radius 1 is 1.56 bits per heavy atom. The fourth-order valence-corrected chi connectivity index (χ4v) is 1.48. The molecule has 1 rings (SSSR count). The Morgan fingerprint density at radius 2 is 2.31 bits per heavy atom. The number of carbonyl (C=O) groups excluding carboxylic acids is 1. The molecule has 0 saturated carbocycles. The molecule has 0 unspecified atom stereocenters. The fraction of sp³-hybridized carbons (Fsp3) is 0.417. The zero-order valence-electron chi connectivity index (χ0n) is 9.35. The Kier molecular flexibility index (Phi) is 4.95. The van der Waals surface area contributed by atoms with E-state index in [1.54, 1.807) is 0 Å². The molecule has 3 N–H and O–H groups in total. The van der Waals surface area contributed by atoms with Gasteiger partial charge in [0.2, 0.25) is 0 Å². The van der Waals surface area contributed by atoms with Crippen LogP contribution in [0.15, 0.2) is 24.3 Å². The quantitative estimate of drug-likeness (QED) is 0.724. The van der Waals surface area contributed by atoms with E-state index in [1.807, 2.05) is 24.3 Å². The summed E-state index contributed by atoms with van der Waals surface area (Å²) in [5.74, 6) is -0.270. The summed E-state index contributed by atoms with van der Waals surface area (Å²) >= 11 is 0. The van der Waals surface area contributed by atoms with Crippen molar-refractivity contribution in [3.05, 3.63) is 35.4 Å². The standard InChI is InChI=1S/C12H17NO3/c1-16-12(15)8-9-3-2-4-10(7-9)11(13)5-6-14/h2-4,7,11,14H,5-6,8,13H2,1H3/t11-/m1/s1. The maximum Gasteiger partial charge on any atom is 0.309 e. The second-order valence-electron chi connectivity index (χ2n) is 3.62. The van der Waals surface area contributed by atoms with Crippen molar-refractivity contribution in [1.82, 2.24) is 0 Å². The van der Waals surface area contributed by atoms with Gasteiger partial charge >= 0.3 is 5.97 Å². The van der Waals surface area contributed by atoms with Gasteiger partial charge in [-0.1, -0.05) is 24.3 Å². The Balaban J connectivity index is 2.74. The van der Waals surface area contributed by atoms with E-state index in [1.165, 1.54) is 7.11 Å². The minimum absolute atomic E-state index is 0.0579. The number of hydrogen-bond acceptors (Lipinski definition) is 4. The second kappa shape index (κ2) is 6.25. The topological polar surface area (TPSA) is 72.5 Å². The first-order chi connectivity index (χ1) is 7.67. The highest BCUT2D eigenvalue weighted by atomic mass is 16.5. The van der Waals surface area contributed by atoms with Crippen LogP contribution in [0.5, 0.6) is 0 Å².